The van der Waals surface area contributed by atoms with Crippen molar-refractivity contribution in [1.82, 2.24) is 0 Å². The molecule has 0 aromatic heterocycles. The van der Waals surface area contributed by atoms with Crippen LogP contribution in [0.4, 0.5) is 17.1 Å². The highest BCUT2D eigenvalue weighted by atomic mass is 15.1. The molecule has 0 aliphatic heterocycles. The van der Waals surface area contributed by atoms with Crippen molar-refractivity contribution in [3.63, 3.8) is 0 Å². The summed E-state index contributed by atoms with van der Waals surface area (Å²) in [6.45, 7) is 8.09. The summed E-state index contributed by atoms with van der Waals surface area (Å²) in [5, 5.41) is 8.64. The Hall–Kier alpha value is -2.16. The van der Waals surface area contributed by atoms with E-state index in [0.717, 1.165) is 28.2 Å². The summed E-state index contributed by atoms with van der Waals surface area (Å²) in [5.74, 6) is 0. The predicted molar refractivity (Wildman–Crippen MR) is 80.4 cm³/mol. The van der Waals surface area contributed by atoms with E-state index in [0.29, 0.717) is 0 Å². The van der Waals surface area contributed by atoms with E-state index in [9.17, 15) is 0 Å². The lowest BCUT2D eigenvalue weighted by atomic mass is 10.1. The quantitative estimate of drug-likeness (QED) is 0.599. The molecule has 2 aromatic rings. The minimum absolute atomic E-state index is 0.794. The molecule has 0 atom stereocenters. The van der Waals surface area contributed by atoms with E-state index in [1.54, 1.807) is 0 Å². The number of hydrogen-bond donors (Lipinski definition) is 1. The molecule has 3 nitrogen and oxygen atoms in total. The van der Waals surface area contributed by atoms with Crippen molar-refractivity contribution >= 4 is 17.1 Å². The Bertz CT molecular complexity index is 622. The van der Waals surface area contributed by atoms with Crippen molar-refractivity contribution < 1.29 is 0 Å². The van der Waals surface area contributed by atoms with Gasteiger partial charge in [-0.15, -0.1) is 0 Å². The first-order chi connectivity index (χ1) is 8.95. The third-order valence-corrected chi connectivity index (χ3v) is 3.06. The fourth-order valence-corrected chi connectivity index (χ4v) is 2.05. The number of aryl methyl sites for hydroxylation is 4. The molecule has 0 radical (unpaired) electrons. The van der Waals surface area contributed by atoms with E-state index >= 15 is 0 Å². The number of nitrogens with zero attached hydrogens (tertiary/aromatic N) is 2. The van der Waals surface area contributed by atoms with Gasteiger partial charge < -0.3 is 5.73 Å². The molecule has 98 valence electrons. The number of nitrogen functional groups attached to an aromatic ring is 1. The van der Waals surface area contributed by atoms with Gasteiger partial charge in [0.15, 0.2) is 0 Å². The van der Waals surface area contributed by atoms with Crippen molar-refractivity contribution in [2.75, 3.05) is 5.73 Å². The largest absolute Gasteiger partial charge is 0.399 e. The maximum Gasteiger partial charge on any atom is 0.0890 e. The standard InChI is InChI=1S/C16H19N3/c1-10-5-11(2)7-14(6-10)18-19-16-9-12(3)15(17)8-13(16)4/h5-9H,17H2,1-4H3. The zero-order valence-corrected chi connectivity index (χ0v) is 11.9. The van der Waals surface area contributed by atoms with Gasteiger partial charge in [-0.3, -0.25) is 0 Å². The SMILES string of the molecule is Cc1cc(C)cc(N=Nc2cc(C)c(N)cc2C)c1. The third-order valence-electron chi connectivity index (χ3n) is 3.06. The Morgan fingerprint density at radius 2 is 1.37 bits per heavy atom. The molecule has 0 fully saturated rings. The van der Waals surface area contributed by atoms with Crippen molar-refractivity contribution in [2.45, 2.75) is 27.7 Å². The predicted octanol–water partition coefficient (Wildman–Crippen LogP) is 4.92. The van der Waals surface area contributed by atoms with Gasteiger partial charge in [-0.05, 0) is 74.2 Å². The first-order valence-electron chi connectivity index (χ1n) is 6.32. The van der Waals surface area contributed by atoms with Gasteiger partial charge in [0.1, 0.15) is 0 Å². The van der Waals surface area contributed by atoms with Crippen LogP contribution in [0.25, 0.3) is 0 Å². The van der Waals surface area contributed by atoms with Crippen LogP contribution in [0.1, 0.15) is 22.3 Å². The summed E-state index contributed by atoms with van der Waals surface area (Å²) in [4.78, 5) is 0. The minimum atomic E-state index is 0.794. The Kier molecular flexibility index (Phi) is 3.65. The highest BCUT2D eigenvalue weighted by molar-refractivity contribution is 5.59. The Morgan fingerprint density at radius 1 is 0.737 bits per heavy atom. The topological polar surface area (TPSA) is 50.7 Å². The number of nitrogens with two attached hydrogens (primary N) is 1. The summed E-state index contributed by atoms with van der Waals surface area (Å²) < 4.78 is 0. The Balaban J connectivity index is 2.35. The van der Waals surface area contributed by atoms with Crippen LogP contribution in [0, 0.1) is 27.7 Å². The third kappa shape index (κ3) is 3.19. The molecule has 0 saturated heterocycles. The van der Waals surface area contributed by atoms with Crippen LogP contribution in [0.2, 0.25) is 0 Å². The molecule has 2 N–H and O–H groups in total. The molecule has 0 aliphatic carbocycles. The van der Waals surface area contributed by atoms with Crippen molar-refractivity contribution in [1.29, 1.82) is 0 Å². The van der Waals surface area contributed by atoms with Crippen LogP contribution in [0.3, 0.4) is 0 Å². The van der Waals surface area contributed by atoms with Gasteiger partial charge in [-0.2, -0.15) is 10.2 Å². The average Bonchev–Trinajstić information content (AvgIpc) is 2.31. The van der Waals surface area contributed by atoms with Gasteiger partial charge in [-0.1, -0.05) is 6.07 Å². The highest BCUT2D eigenvalue weighted by Gasteiger charge is 2.01. The molecule has 2 aromatic carbocycles. The molecule has 0 bridgehead atoms. The van der Waals surface area contributed by atoms with Crippen molar-refractivity contribution in [3.8, 4) is 0 Å². The van der Waals surface area contributed by atoms with E-state index in [4.69, 9.17) is 5.73 Å². The molecule has 0 unspecified atom stereocenters. The molecule has 0 heterocycles. The highest BCUT2D eigenvalue weighted by Crippen LogP contribution is 2.27. The summed E-state index contributed by atoms with van der Waals surface area (Å²) in [7, 11) is 0. The maximum absolute atomic E-state index is 5.86. The van der Waals surface area contributed by atoms with Gasteiger partial charge in [0.2, 0.25) is 0 Å². The molecule has 0 aliphatic rings. The number of benzene rings is 2. The lowest BCUT2D eigenvalue weighted by molar-refractivity contribution is 1.19. The van der Waals surface area contributed by atoms with Crippen LogP contribution < -0.4 is 5.73 Å². The lowest BCUT2D eigenvalue weighted by Crippen LogP contribution is -1.90. The van der Waals surface area contributed by atoms with Crippen LogP contribution in [0.5, 0.6) is 0 Å². The summed E-state index contributed by atoms with van der Waals surface area (Å²) in [6.07, 6.45) is 0. The zero-order chi connectivity index (χ0) is 14.0. The first kappa shape index (κ1) is 13.3. The van der Waals surface area contributed by atoms with Gasteiger partial charge in [-0.25, -0.2) is 0 Å². The maximum atomic E-state index is 5.86. The Morgan fingerprint density at radius 3 is 2.00 bits per heavy atom. The molecule has 19 heavy (non-hydrogen) atoms. The molecular formula is C16H19N3. The molecular weight excluding hydrogens is 234 g/mol. The van der Waals surface area contributed by atoms with E-state index in [1.807, 2.05) is 38.1 Å². The molecule has 0 saturated carbocycles. The summed E-state index contributed by atoms with van der Waals surface area (Å²) in [5.41, 5.74) is 12.9. The van der Waals surface area contributed by atoms with Gasteiger partial charge in [0.05, 0.1) is 11.4 Å². The normalized spacial score (nSPS) is 11.2. The smallest absolute Gasteiger partial charge is 0.0890 e. The van der Waals surface area contributed by atoms with E-state index in [1.165, 1.54) is 11.1 Å². The number of hydrogen-bond acceptors (Lipinski definition) is 3. The lowest BCUT2D eigenvalue weighted by Gasteiger charge is -2.04. The zero-order valence-electron chi connectivity index (χ0n) is 11.9. The monoisotopic (exact) mass is 253 g/mol. The van der Waals surface area contributed by atoms with Crippen LogP contribution in [-0.2, 0) is 0 Å². The number of anilines is 1. The molecule has 2 rings (SSSR count). The molecule has 0 amide bonds. The van der Waals surface area contributed by atoms with E-state index in [-0.39, 0.29) is 0 Å². The van der Waals surface area contributed by atoms with E-state index in [2.05, 4.69) is 30.1 Å². The fraction of sp³-hybridized carbons (Fsp3) is 0.250. The fourth-order valence-electron chi connectivity index (χ4n) is 2.05. The van der Waals surface area contributed by atoms with Crippen LogP contribution >= 0.6 is 0 Å². The minimum Gasteiger partial charge on any atom is -0.399 e. The summed E-state index contributed by atoms with van der Waals surface area (Å²) >= 11 is 0. The summed E-state index contributed by atoms with van der Waals surface area (Å²) in [6, 6.07) is 10.1. The second-order valence-electron chi connectivity index (χ2n) is 5.04. The molecule has 3 heteroatoms. The van der Waals surface area contributed by atoms with Gasteiger partial charge >= 0.3 is 0 Å². The van der Waals surface area contributed by atoms with Crippen molar-refractivity contribution in [3.05, 3.63) is 52.6 Å². The second kappa shape index (κ2) is 5.22. The first-order valence-corrected chi connectivity index (χ1v) is 6.32. The second-order valence-corrected chi connectivity index (χ2v) is 5.04. The van der Waals surface area contributed by atoms with Crippen LogP contribution in [0.15, 0.2) is 40.6 Å². The van der Waals surface area contributed by atoms with Crippen LogP contribution in [-0.4, -0.2) is 0 Å². The van der Waals surface area contributed by atoms with Gasteiger partial charge in [0.25, 0.3) is 0 Å². The van der Waals surface area contributed by atoms with Crippen molar-refractivity contribution in [2.24, 2.45) is 10.2 Å². The van der Waals surface area contributed by atoms with E-state index < -0.39 is 0 Å². The van der Waals surface area contributed by atoms with Gasteiger partial charge in [0, 0.05) is 5.69 Å². The molecule has 0 spiro atoms. The number of rotatable bonds is 2. The average molecular weight is 253 g/mol. The number of azo groups is 1. The Labute approximate surface area is 114 Å².